The summed E-state index contributed by atoms with van der Waals surface area (Å²) in [6.45, 7) is 2.71. The molecule has 3 N–H and O–H groups in total. The van der Waals surface area contributed by atoms with Gasteiger partial charge in [0.1, 0.15) is 11.3 Å². The van der Waals surface area contributed by atoms with E-state index < -0.39 is 6.09 Å². The second kappa shape index (κ2) is 10.5. The lowest BCUT2D eigenvalue weighted by molar-refractivity contribution is 0.101. The average molecular weight is 567 g/mol. The van der Waals surface area contributed by atoms with Gasteiger partial charge in [-0.1, -0.05) is 23.2 Å². The van der Waals surface area contributed by atoms with Crippen molar-refractivity contribution < 1.29 is 19.8 Å². The van der Waals surface area contributed by atoms with Crippen molar-refractivity contribution in [3.05, 3.63) is 64.4 Å². The molecule has 3 aromatic heterocycles. The number of rotatable bonds is 6. The van der Waals surface area contributed by atoms with Gasteiger partial charge in [0.15, 0.2) is 11.5 Å². The number of likely N-dealkylation sites (N-methyl/N-ethyl adjacent to an activating group) is 1. The summed E-state index contributed by atoms with van der Waals surface area (Å²) in [6, 6.07) is 10.3. The molecule has 5 rings (SSSR count). The Bertz CT molecular complexity index is 1570. The van der Waals surface area contributed by atoms with Crippen LogP contribution in [-0.4, -0.2) is 68.1 Å². The van der Waals surface area contributed by atoms with E-state index in [1.807, 2.05) is 17.0 Å². The Morgan fingerprint density at radius 1 is 1.10 bits per heavy atom. The zero-order valence-electron chi connectivity index (χ0n) is 21.0. The van der Waals surface area contributed by atoms with Crippen LogP contribution < -0.4 is 10.2 Å². The highest BCUT2D eigenvalue weighted by Crippen LogP contribution is 2.37. The highest BCUT2D eigenvalue weighted by Gasteiger charge is 2.29. The number of nitrogens with zero attached hydrogens (tertiary/aromatic N) is 5. The van der Waals surface area contributed by atoms with Crippen LogP contribution in [0.5, 0.6) is 5.75 Å². The van der Waals surface area contributed by atoms with Crippen LogP contribution in [0.15, 0.2) is 48.8 Å². The summed E-state index contributed by atoms with van der Waals surface area (Å²) < 4.78 is 0. The molecule has 0 radical (unpaired) electrons. The Kier molecular flexibility index (Phi) is 7.16. The highest BCUT2D eigenvalue weighted by atomic mass is 35.5. The molecule has 1 aliphatic heterocycles. The largest absolute Gasteiger partial charge is 0.505 e. The van der Waals surface area contributed by atoms with Gasteiger partial charge in [0.2, 0.25) is 0 Å². The number of ketones is 1. The van der Waals surface area contributed by atoms with Gasteiger partial charge in [0, 0.05) is 31.9 Å². The first-order valence-electron chi connectivity index (χ1n) is 12.0. The van der Waals surface area contributed by atoms with E-state index in [-0.39, 0.29) is 27.6 Å². The number of carbonyl (C=O) groups is 2. The third-order valence-electron chi connectivity index (χ3n) is 6.76. The SMILES string of the molecule is CC(=O)c1cnc2ccc(-c3cc(Cl)c(O)c(Cl)c3)nc2c1Nc1ccc(N2CCC(N(C)C(=O)O)C2)nc1. The molecule has 12 heteroatoms. The van der Waals surface area contributed by atoms with Gasteiger partial charge in [-0.25, -0.2) is 14.8 Å². The number of halogens is 2. The van der Waals surface area contributed by atoms with Crippen LogP contribution in [0, 0.1) is 0 Å². The number of aromatic hydroxyl groups is 1. The van der Waals surface area contributed by atoms with E-state index in [9.17, 15) is 19.8 Å². The van der Waals surface area contributed by atoms with Crippen LogP contribution in [0.25, 0.3) is 22.3 Å². The van der Waals surface area contributed by atoms with Gasteiger partial charge in [-0.2, -0.15) is 0 Å². The summed E-state index contributed by atoms with van der Waals surface area (Å²) in [5.74, 6) is 0.333. The Balaban J connectivity index is 1.47. The van der Waals surface area contributed by atoms with Crippen molar-refractivity contribution >= 4 is 63.3 Å². The van der Waals surface area contributed by atoms with Crippen LogP contribution in [0.1, 0.15) is 23.7 Å². The number of hydrogen-bond donors (Lipinski definition) is 3. The molecule has 0 aliphatic carbocycles. The van der Waals surface area contributed by atoms with Gasteiger partial charge in [-0.3, -0.25) is 9.78 Å². The molecule has 39 heavy (non-hydrogen) atoms. The number of aromatic nitrogens is 3. The second-order valence-electron chi connectivity index (χ2n) is 9.27. The van der Waals surface area contributed by atoms with E-state index in [2.05, 4.69) is 15.3 Å². The fourth-order valence-electron chi connectivity index (χ4n) is 4.55. The number of phenolic OH excluding ortho intramolecular Hbond substituents is 1. The van der Waals surface area contributed by atoms with E-state index in [0.29, 0.717) is 52.3 Å². The Hall–Kier alpha value is -4.15. The van der Waals surface area contributed by atoms with Gasteiger partial charge < -0.3 is 25.3 Å². The van der Waals surface area contributed by atoms with Crippen molar-refractivity contribution in [3.8, 4) is 17.0 Å². The molecule has 0 saturated carbocycles. The third-order valence-corrected chi connectivity index (χ3v) is 7.34. The van der Waals surface area contributed by atoms with E-state index in [4.69, 9.17) is 28.2 Å². The van der Waals surface area contributed by atoms with E-state index >= 15 is 0 Å². The summed E-state index contributed by atoms with van der Waals surface area (Å²) >= 11 is 12.2. The molecule has 4 aromatic rings. The van der Waals surface area contributed by atoms with Crippen LogP contribution in [-0.2, 0) is 0 Å². The van der Waals surface area contributed by atoms with Crippen molar-refractivity contribution in [3.63, 3.8) is 0 Å². The lowest BCUT2D eigenvalue weighted by Crippen LogP contribution is -2.38. The molecular weight excluding hydrogens is 543 g/mol. The van der Waals surface area contributed by atoms with Crippen LogP contribution in [0.2, 0.25) is 10.0 Å². The van der Waals surface area contributed by atoms with Crippen LogP contribution >= 0.6 is 23.2 Å². The molecule has 1 fully saturated rings. The topological polar surface area (TPSA) is 132 Å². The molecule has 1 aliphatic rings. The standard InChI is InChI=1S/C27H24Cl2N6O4/c1-14(36)18-12-30-22-5-4-21(15-9-19(28)26(37)20(29)10-15)33-25(22)24(18)32-16-3-6-23(31-11-16)35-8-7-17(13-35)34(2)27(38)39/h3-6,9-12,17,37H,7-8,13H2,1-2H3,(H,30,32)(H,38,39). The molecule has 1 amide bonds. The Morgan fingerprint density at radius 2 is 1.85 bits per heavy atom. The minimum absolute atomic E-state index is 0.0953. The molecular formula is C27H24Cl2N6O4. The predicted octanol–water partition coefficient (Wildman–Crippen LogP) is 5.84. The Labute approximate surface area is 233 Å². The molecule has 1 atom stereocenters. The number of carbonyl (C=O) groups excluding carboxylic acids is 1. The van der Waals surface area contributed by atoms with Crippen molar-refractivity contribution in [2.24, 2.45) is 0 Å². The summed E-state index contributed by atoms with van der Waals surface area (Å²) in [5, 5.41) is 22.7. The molecule has 4 heterocycles. The van der Waals surface area contributed by atoms with Gasteiger partial charge in [0.05, 0.1) is 50.4 Å². The van der Waals surface area contributed by atoms with Gasteiger partial charge in [-0.05, 0) is 49.7 Å². The number of carboxylic acid groups (broad SMARTS) is 1. The van der Waals surface area contributed by atoms with Crippen LogP contribution in [0.4, 0.5) is 22.0 Å². The first-order chi connectivity index (χ1) is 18.6. The molecule has 0 bridgehead atoms. The number of fused-ring (bicyclic) bond motifs is 1. The van der Waals surface area contributed by atoms with E-state index in [1.54, 1.807) is 37.5 Å². The number of amides is 1. The third kappa shape index (κ3) is 5.25. The fraction of sp³-hybridized carbons (Fsp3) is 0.222. The highest BCUT2D eigenvalue weighted by molar-refractivity contribution is 6.37. The average Bonchev–Trinajstić information content (AvgIpc) is 3.41. The summed E-state index contributed by atoms with van der Waals surface area (Å²) in [5.41, 5.74) is 3.62. The lowest BCUT2D eigenvalue weighted by Gasteiger charge is -2.22. The van der Waals surface area contributed by atoms with Gasteiger partial charge >= 0.3 is 6.09 Å². The molecule has 1 saturated heterocycles. The predicted molar refractivity (Wildman–Crippen MR) is 151 cm³/mol. The van der Waals surface area contributed by atoms with Crippen molar-refractivity contribution in [1.29, 1.82) is 0 Å². The zero-order valence-corrected chi connectivity index (χ0v) is 22.5. The maximum Gasteiger partial charge on any atom is 0.407 e. The quantitative estimate of drug-likeness (QED) is 0.246. The number of benzene rings is 1. The second-order valence-corrected chi connectivity index (χ2v) is 10.1. The normalized spacial score (nSPS) is 15.0. The smallest absolute Gasteiger partial charge is 0.407 e. The maximum absolute atomic E-state index is 12.5. The molecule has 1 aromatic carbocycles. The molecule has 200 valence electrons. The number of Topliss-reactive ketones (excluding diaryl/α,β-unsaturated/α-hetero) is 1. The van der Waals surface area contributed by atoms with Crippen molar-refractivity contribution in [2.45, 2.75) is 19.4 Å². The van der Waals surface area contributed by atoms with Crippen LogP contribution in [0.3, 0.4) is 0 Å². The molecule has 10 nitrogen and oxygen atoms in total. The maximum atomic E-state index is 12.5. The summed E-state index contributed by atoms with van der Waals surface area (Å²) in [7, 11) is 1.58. The first-order valence-corrected chi connectivity index (χ1v) is 12.8. The minimum atomic E-state index is -0.950. The van der Waals surface area contributed by atoms with Crippen molar-refractivity contribution in [1.82, 2.24) is 19.9 Å². The number of nitrogens with one attached hydrogen (secondary N) is 1. The van der Waals surface area contributed by atoms with Gasteiger partial charge in [-0.15, -0.1) is 0 Å². The number of hydrogen-bond acceptors (Lipinski definition) is 8. The first kappa shape index (κ1) is 26.5. The zero-order chi connectivity index (χ0) is 27.8. The van der Waals surface area contributed by atoms with E-state index in [1.165, 1.54) is 18.0 Å². The van der Waals surface area contributed by atoms with Crippen molar-refractivity contribution in [2.75, 3.05) is 30.4 Å². The molecule has 1 unspecified atom stereocenters. The molecule has 0 spiro atoms. The van der Waals surface area contributed by atoms with E-state index in [0.717, 1.165) is 12.2 Å². The number of pyridine rings is 3. The minimum Gasteiger partial charge on any atom is -0.505 e. The number of phenols is 1. The Morgan fingerprint density at radius 3 is 2.49 bits per heavy atom. The summed E-state index contributed by atoms with van der Waals surface area (Å²) in [6.07, 6.45) is 2.94. The lowest BCUT2D eigenvalue weighted by atomic mass is 10.1. The number of anilines is 3. The fourth-order valence-corrected chi connectivity index (χ4v) is 5.03. The van der Waals surface area contributed by atoms with Gasteiger partial charge in [0.25, 0.3) is 0 Å². The monoisotopic (exact) mass is 566 g/mol. The summed E-state index contributed by atoms with van der Waals surface area (Å²) in [4.78, 5) is 40.9.